The Morgan fingerprint density at radius 3 is 1.80 bits per heavy atom. The maximum absolute atomic E-state index is 13.7. The highest BCUT2D eigenvalue weighted by Gasteiger charge is 2.48. The van der Waals surface area contributed by atoms with E-state index in [0.717, 1.165) is 36.1 Å². The second-order valence-electron chi connectivity index (χ2n) is 9.56. The van der Waals surface area contributed by atoms with Crippen LogP contribution in [-0.2, 0) is 16.2 Å². The van der Waals surface area contributed by atoms with Crippen molar-refractivity contribution in [3.05, 3.63) is 69.8 Å². The number of benzene rings is 2. The zero-order valence-corrected chi connectivity index (χ0v) is 19.7. The Bertz CT molecular complexity index is 893. The normalized spacial score (nSPS) is 19.7. The minimum atomic E-state index is -4.41. The molecule has 30 heavy (non-hydrogen) atoms. The Morgan fingerprint density at radius 2 is 1.33 bits per heavy atom. The lowest BCUT2D eigenvalue weighted by molar-refractivity contribution is -0.137. The monoisotopic (exact) mass is 435 g/mol. The molecule has 0 aromatic heterocycles. The quantitative estimate of drug-likeness (QED) is 0.543. The van der Waals surface area contributed by atoms with E-state index in [9.17, 15) is 13.2 Å². The number of halogens is 3. The van der Waals surface area contributed by atoms with Crippen molar-refractivity contribution >= 4 is 8.32 Å². The summed E-state index contributed by atoms with van der Waals surface area (Å²) in [5.41, 5.74) is 2.67. The molecule has 6 heteroatoms. The van der Waals surface area contributed by atoms with Gasteiger partial charge in [0.25, 0.3) is 0 Å². The van der Waals surface area contributed by atoms with Crippen molar-refractivity contribution in [1.82, 2.24) is 5.32 Å². The van der Waals surface area contributed by atoms with Gasteiger partial charge in [0.05, 0.1) is 5.56 Å². The Hall–Kier alpha value is -1.63. The summed E-state index contributed by atoms with van der Waals surface area (Å²) in [5, 5.41) is 3.55. The topological polar surface area (TPSA) is 21.3 Å². The largest absolute Gasteiger partial charge is 0.416 e. The zero-order chi connectivity index (χ0) is 22.3. The lowest BCUT2D eigenvalue weighted by Crippen LogP contribution is -2.53. The van der Waals surface area contributed by atoms with Crippen molar-refractivity contribution < 1.29 is 17.6 Å². The van der Waals surface area contributed by atoms with Gasteiger partial charge < -0.3 is 9.74 Å². The molecule has 1 fully saturated rings. The van der Waals surface area contributed by atoms with Gasteiger partial charge in [-0.25, -0.2) is 0 Å². The van der Waals surface area contributed by atoms with Crippen LogP contribution in [0, 0.1) is 20.8 Å². The van der Waals surface area contributed by atoms with Gasteiger partial charge in [-0.05, 0) is 83.1 Å². The lowest BCUT2D eigenvalue weighted by Gasteiger charge is -2.45. The SMILES string of the molecule is Cc1cc(C)cc([C@@](O[Si](C)(C)C)(c2cc(C)cc(C(F)(F)F)c2)C2CCCN2)c1. The van der Waals surface area contributed by atoms with Crippen LogP contribution >= 0.6 is 0 Å². The highest BCUT2D eigenvalue weighted by Crippen LogP contribution is 2.45. The molecule has 3 rings (SSSR count). The summed E-state index contributed by atoms with van der Waals surface area (Å²) in [6.45, 7) is 12.9. The molecule has 1 N–H and O–H groups in total. The van der Waals surface area contributed by atoms with E-state index in [-0.39, 0.29) is 6.04 Å². The van der Waals surface area contributed by atoms with Crippen LogP contribution in [0.15, 0.2) is 36.4 Å². The molecule has 0 spiro atoms. The summed E-state index contributed by atoms with van der Waals surface area (Å²) >= 11 is 0. The molecule has 0 aliphatic carbocycles. The molecule has 0 amide bonds. The molecule has 164 valence electrons. The summed E-state index contributed by atoms with van der Waals surface area (Å²) in [6.07, 6.45) is -2.58. The Balaban J connectivity index is 2.37. The van der Waals surface area contributed by atoms with Crippen LogP contribution in [0.4, 0.5) is 13.2 Å². The van der Waals surface area contributed by atoms with Gasteiger partial charge in [0, 0.05) is 6.04 Å². The van der Waals surface area contributed by atoms with Gasteiger partial charge in [-0.1, -0.05) is 41.0 Å². The summed E-state index contributed by atoms with van der Waals surface area (Å²) in [5.74, 6) is 0. The third-order valence-electron chi connectivity index (χ3n) is 5.50. The fourth-order valence-electron chi connectivity index (χ4n) is 4.62. The summed E-state index contributed by atoms with van der Waals surface area (Å²) in [4.78, 5) is 0. The maximum Gasteiger partial charge on any atom is 0.416 e. The molecule has 0 bridgehead atoms. The Kier molecular flexibility index (Phi) is 6.25. The maximum atomic E-state index is 13.7. The fraction of sp³-hybridized carbons (Fsp3) is 0.500. The molecule has 1 unspecified atom stereocenters. The second kappa shape index (κ2) is 8.13. The molecule has 2 aromatic carbocycles. The first-order valence-corrected chi connectivity index (χ1v) is 13.9. The van der Waals surface area contributed by atoms with Crippen LogP contribution in [0.3, 0.4) is 0 Å². The van der Waals surface area contributed by atoms with Gasteiger partial charge >= 0.3 is 6.18 Å². The van der Waals surface area contributed by atoms with E-state index < -0.39 is 25.7 Å². The van der Waals surface area contributed by atoms with Gasteiger partial charge in [0.15, 0.2) is 8.32 Å². The third kappa shape index (κ3) is 4.81. The van der Waals surface area contributed by atoms with Crippen molar-refractivity contribution in [3.8, 4) is 0 Å². The van der Waals surface area contributed by atoms with Crippen LogP contribution < -0.4 is 5.32 Å². The molecule has 1 heterocycles. The van der Waals surface area contributed by atoms with Gasteiger partial charge in [0.2, 0.25) is 0 Å². The molecule has 2 atom stereocenters. The first-order valence-electron chi connectivity index (χ1n) is 10.5. The number of alkyl halides is 3. The van der Waals surface area contributed by atoms with Crippen molar-refractivity contribution in [1.29, 1.82) is 0 Å². The van der Waals surface area contributed by atoms with Gasteiger partial charge in [0.1, 0.15) is 5.60 Å². The number of hydrogen-bond donors (Lipinski definition) is 1. The van der Waals surface area contributed by atoms with Crippen LogP contribution in [0.2, 0.25) is 19.6 Å². The average molecular weight is 436 g/mol. The molecule has 0 radical (unpaired) electrons. The molecule has 1 saturated heterocycles. The smallest absolute Gasteiger partial charge is 0.403 e. The first kappa shape index (κ1) is 23.0. The van der Waals surface area contributed by atoms with E-state index in [0.29, 0.717) is 11.1 Å². The standard InChI is InChI=1S/C24H32F3NOSi/c1-16-10-17(2)12-19(11-16)23(29-30(4,5)6,22-8-7-9-28-22)20-13-18(3)14-21(15-20)24(25,26)27/h10-15,22,28H,7-9H2,1-6H3/t22?,23-/m1/s1. The first-order chi connectivity index (χ1) is 13.8. The van der Waals surface area contributed by atoms with Crippen molar-refractivity contribution in [2.75, 3.05) is 6.54 Å². The Labute approximate surface area is 179 Å². The molecule has 2 nitrogen and oxygen atoms in total. The molecule has 1 aliphatic heterocycles. The number of rotatable bonds is 5. The fourth-order valence-corrected chi connectivity index (χ4v) is 5.97. The molecular weight excluding hydrogens is 403 g/mol. The summed E-state index contributed by atoms with van der Waals surface area (Å²) < 4.78 is 48.1. The van der Waals surface area contributed by atoms with Crippen molar-refractivity contribution in [2.45, 2.75) is 71.1 Å². The average Bonchev–Trinajstić information content (AvgIpc) is 3.11. The van der Waals surface area contributed by atoms with Gasteiger partial charge in [-0.2, -0.15) is 13.2 Å². The minimum Gasteiger partial charge on any atom is -0.403 e. The summed E-state index contributed by atoms with van der Waals surface area (Å²) in [7, 11) is -2.16. The molecule has 2 aromatic rings. The van der Waals surface area contributed by atoms with Crippen molar-refractivity contribution in [3.63, 3.8) is 0 Å². The van der Waals surface area contributed by atoms with Crippen LogP contribution in [-0.4, -0.2) is 20.9 Å². The highest BCUT2D eigenvalue weighted by molar-refractivity contribution is 6.69. The molecular formula is C24H32F3NOSi. The van der Waals surface area contributed by atoms with E-state index in [4.69, 9.17) is 4.43 Å². The van der Waals surface area contributed by atoms with E-state index in [2.05, 4.69) is 43.2 Å². The minimum absolute atomic E-state index is 0.0895. The van der Waals surface area contributed by atoms with Crippen LogP contribution in [0.5, 0.6) is 0 Å². The lowest BCUT2D eigenvalue weighted by atomic mass is 9.77. The van der Waals surface area contributed by atoms with Gasteiger partial charge in [-0.15, -0.1) is 0 Å². The van der Waals surface area contributed by atoms with Crippen LogP contribution in [0.1, 0.15) is 46.2 Å². The van der Waals surface area contributed by atoms with E-state index >= 15 is 0 Å². The van der Waals surface area contributed by atoms with E-state index in [1.165, 1.54) is 12.1 Å². The Morgan fingerprint density at radius 1 is 0.833 bits per heavy atom. The number of aryl methyl sites for hydroxylation is 3. The number of hydrogen-bond acceptors (Lipinski definition) is 2. The molecule has 0 saturated carbocycles. The number of nitrogens with one attached hydrogen (secondary N) is 1. The zero-order valence-electron chi connectivity index (χ0n) is 18.7. The van der Waals surface area contributed by atoms with E-state index in [1.807, 2.05) is 19.9 Å². The van der Waals surface area contributed by atoms with E-state index in [1.54, 1.807) is 6.92 Å². The highest BCUT2D eigenvalue weighted by atomic mass is 28.4. The summed E-state index contributed by atoms with van der Waals surface area (Å²) in [6, 6.07) is 10.5. The predicted molar refractivity (Wildman–Crippen MR) is 118 cm³/mol. The predicted octanol–water partition coefficient (Wildman–Crippen LogP) is 6.48. The molecule has 1 aliphatic rings. The van der Waals surface area contributed by atoms with Crippen LogP contribution in [0.25, 0.3) is 0 Å². The van der Waals surface area contributed by atoms with Gasteiger partial charge in [-0.3, -0.25) is 0 Å². The van der Waals surface area contributed by atoms with Crippen molar-refractivity contribution in [2.24, 2.45) is 0 Å². The third-order valence-corrected chi connectivity index (χ3v) is 6.44. The second-order valence-corrected chi connectivity index (χ2v) is 14.0.